The molecule has 1 amide bonds. The number of aryl methyl sites for hydroxylation is 2. The van der Waals surface area contributed by atoms with Crippen molar-refractivity contribution in [1.29, 1.82) is 5.26 Å². The van der Waals surface area contributed by atoms with Crippen LogP contribution in [0.15, 0.2) is 74.7 Å². The number of carbonyl (C=O) groups is 1. The van der Waals surface area contributed by atoms with Crippen LogP contribution < -0.4 is 14.9 Å². The van der Waals surface area contributed by atoms with Crippen LogP contribution >= 0.6 is 27.5 Å². The Morgan fingerprint density at radius 1 is 1.14 bits per heavy atom. The molecule has 0 atom stereocenters. The molecule has 0 spiro atoms. The molecular weight excluding hydrogens is 560 g/mol. The van der Waals surface area contributed by atoms with E-state index in [0.29, 0.717) is 32.3 Å². The minimum atomic E-state index is -0.537. The Bertz CT molecular complexity index is 1470. The minimum absolute atomic E-state index is 0.0814. The molecule has 37 heavy (non-hydrogen) atoms. The van der Waals surface area contributed by atoms with Crippen LogP contribution in [0.3, 0.4) is 0 Å². The molecule has 0 bridgehead atoms. The van der Waals surface area contributed by atoms with Crippen LogP contribution in [0.1, 0.15) is 33.3 Å². The molecule has 8 nitrogen and oxygen atoms in total. The second kappa shape index (κ2) is 11.8. The SMILES string of the molecule is Cc1ccc(C)n1-c1ccc(OCc2ccc(C(=O)N/N=C/c3cc(Cl)cc(Br)c3OCC#N)o2)cc1. The van der Waals surface area contributed by atoms with Crippen molar-refractivity contribution in [2.45, 2.75) is 20.5 Å². The third kappa shape index (κ3) is 6.42. The Balaban J connectivity index is 1.34. The standard InChI is InChI=1S/C27H22BrClN4O4/c1-17-3-4-18(2)33(17)21-5-7-22(8-6-21)36-16-23-9-10-25(37-23)27(34)32-31-15-19-13-20(29)14-24(28)26(19)35-12-11-30/h3-10,13-15H,12,16H2,1-2H3,(H,32,34)/b31-15+. The summed E-state index contributed by atoms with van der Waals surface area (Å²) in [7, 11) is 0. The molecule has 1 N–H and O–H groups in total. The van der Waals surface area contributed by atoms with Gasteiger partial charge in [0.05, 0.1) is 10.7 Å². The molecule has 0 unspecified atom stereocenters. The summed E-state index contributed by atoms with van der Waals surface area (Å²) in [5.41, 5.74) is 6.25. The average Bonchev–Trinajstić information content (AvgIpc) is 3.49. The van der Waals surface area contributed by atoms with Crippen LogP contribution in [0.5, 0.6) is 11.5 Å². The number of nitrogens with zero attached hydrogens (tertiary/aromatic N) is 3. The zero-order valence-corrected chi connectivity index (χ0v) is 22.3. The number of hydrogen-bond acceptors (Lipinski definition) is 6. The molecule has 0 aliphatic carbocycles. The van der Waals surface area contributed by atoms with Gasteiger partial charge in [0, 0.05) is 27.7 Å². The number of nitrogens with one attached hydrogen (secondary N) is 1. The Labute approximate surface area is 227 Å². The van der Waals surface area contributed by atoms with Crippen LogP contribution in [-0.4, -0.2) is 23.3 Å². The highest BCUT2D eigenvalue weighted by atomic mass is 79.9. The van der Waals surface area contributed by atoms with Crippen molar-refractivity contribution in [1.82, 2.24) is 9.99 Å². The van der Waals surface area contributed by atoms with Gasteiger partial charge in [-0.3, -0.25) is 4.79 Å². The van der Waals surface area contributed by atoms with Crippen LogP contribution in [0.25, 0.3) is 5.69 Å². The van der Waals surface area contributed by atoms with E-state index in [2.05, 4.69) is 57.0 Å². The molecule has 2 heterocycles. The normalized spacial score (nSPS) is 10.9. The van der Waals surface area contributed by atoms with Crippen LogP contribution in [0.4, 0.5) is 0 Å². The highest BCUT2D eigenvalue weighted by Crippen LogP contribution is 2.32. The van der Waals surface area contributed by atoms with Crippen LogP contribution in [0.2, 0.25) is 5.02 Å². The van der Waals surface area contributed by atoms with Crippen molar-refractivity contribution in [3.05, 3.63) is 98.6 Å². The molecule has 0 saturated heterocycles. The Morgan fingerprint density at radius 3 is 2.57 bits per heavy atom. The number of ether oxygens (including phenoxy) is 2. The fourth-order valence-electron chi connectivity index (χ4n) is 3.65. The van der Waals surface area contributed by atoms with Crippen molar-refractivity contribution in [2.75, 3.05) is 6.61 Å². The number of aromatic nitrogens is 1. The summed E-state index contributed by atoms with van der Waals surface area (Å²) in [5, 5.41) is 13.2. The molecule has 0 aliphatic rings. The van der Waals surface area contributed by atoms with Gasteiger partial charge < -0.3 is 18.5 Å². The highest BCUT2D eigenvalue weighted by Gasteiger charge is 2.13. The predicted molar refractivity (Wildman–Crippen MR) is 144 cm³/mol. The van der Waals surface area contributed by atoms with Gasteiger partial charge in [0.25, 0.3) is 0 Å². The van der Waals surface area contributed by atoms with Gasteiger partial charge in [0.15, 0.2) is 12.4 Å². The maximum atomic E-state index is 12.4. The molecule has 2 aromatic heterocycles. The Hall–Kier alpha value is -4.00. The first kappa shape index (κ1) is 26.1. The van der Waals surface area contributed by atoms with Gasteiger partial charge in [0.1, 0.15) is 29.9 Å². The summed E-state index contributed by atoms with van der Waals surface area (Å²) >= 11 is 9.43. The van der Waals surface area contributed by atoms with Crippen molar-refractivity contribution in [3.8, 4) is 23.3 Å². The lowest BCUT2D eigenvalue weighted by Gasteiger charge is -2.10. The fourth-order valence-corrected chi connectivity index (χ4v) is 4.60. The minimum Gasteiger partial charge on any atom is -0.486 e. The number of hydrogen-bond donors (Lipinski definition) is 1. The van der Waals surface area contributed by atoms with Gasteiger partial charge in [-0.1, -0.05) is 11.6 Å². The Kier molecular flexibility index (Phi) is 8.33. The first-order valence-electron chi connectivity index (χ1n) is 11.1. The topological polar surface area (TPSA) is 102 Å². The molecular formula is C27H22BrClN4O4. The van der Waals surface area contributed by atoms with Gasteiger partial charge in [-0.15, -0.1) is 0 Å². The molecule has 10 heteroatoms. The zero-order valence-electron chi connectivity index (χ0n) is 20.0. The predicted octanol–water partition coefficient (Wildman–Crippen LogP) is 6.35. The van der Waals surface area contributed by atoms with E-state index in [1.807, 2.05) is 30.3 Å². The van der Waals surface area contributed by atoms with Crippen molar-refractivity contribution >= 4 is 39.7 Å². The number of rotatable bonds is 9. The molecule has 4 rings (SSSR count). The lowest BCUT2D eigenvalue weighted by Crippen LogP contribution is -2.17. The molecule has 2 aromatic carbocycles. The molecule has 4 aromatic rings. The summed E-state index contributed by atoms with van der Waals surface area (Å²) in [6.45, 7) is 4.13. The van der Waals surface area contributed by atoms with Crippen molar-refractivity contribution < 1.29 is 18.7 Å². The quantitative estimate of drug-likeness (QED) is 0.183. The smallest absolute Gasteiger partial charge is 0.307 e. The van der Waals surface area contributed by atoms with E-state index in [1.165, 1.54) is 6.21 Å². The maximum Gasteiger partial charge on any atom is 0.307 e. The number of hydrazone groups is 1. The zero-order chi connectivity index (χ0) is 26.4. The lowest BCUT2D eigenvalue weighted by atomic mass is 10.2. The first-order valence-corrected chi connectivity index (χ1v) is 12.3. The monoisotopic (exact) mass is 580 g/mol. The summed E-state index contributed by atoms with van der Waals surface area (Å²) in [6, 6.07) is 20.3. The van der Waals surface area contributed by atoms with E-state index in [0.717, 1.165) is 17.1 Å². The molecule has 0 aliphatic heterocycles. The third-order valence-electron chi connectivity index (χ3n) is 5.32. The largest absolute Gasteiger partial charge is 0.486 e. The van der Waals surface area contributed by atoms with E-state index >= 15 is 0 Å². The highest BCUT2D eigenvalue weighted by molar-refractivity contribution is 9.10. The molecule has 0 fully saturated rings. The lowest BCUT2D eigenvalue weighted by molar-refractivity contribution is 0.0923. The maximum absolute atomic E-state index is 12.4. The summed E-state index contributed by atoms with van der Waals surface area (Å²) in [6.07, 6.45) is 1.37. The van der Waals surface area contributed by atoms with Gasteiger partial charge in [-0.2, -0.15) is 10.4 Å². The van der Waals surface area contributed by atoms with Crippen LogP contribution in [-0.2, 0) is 6.61 Å². The van der Waals surface area contributed by atoms with E-state index < -0.39 is 5.91 Å². The number of benzene rings is 2. The van der Waals surface area contributed by atoms with Gasteiger partial charge >= 0.3 is 5.91 Å². The van der Waals surface area contributed by atoms with E-state index in [4.69, 9.17) is 30.8 Å². The third-order valence-corrected chi connectivity index (χ3v) is 6.13. The second-order valence-electron chi connectivity index (χ2n) is 7.95. The average molecular weight is 582 g/mol. The van der Waals surface area contributed by atoms with E-state index in [1.54, 1.807) is 24.3 Å². The van der Waals surface area contributed by atoms with E-state index in [-0.39, 0.29) is 19.0 Å². The van der Waals surface area contributed by atoms with Gasteiger partial charge in [0.2, 0.25) is 0 Å². The van der Waals surface area contributed by atoms with Crippen molar-refractivity contribution in [2.24, 2.45) is 5.10 Å². The number of halogens is 2. The summed E-state index contributed by atoms with van der Waals surface area (Å²) in [4.78, 5) is 12.4. The fraction of sp³-hybridized carbons (Fsp3) is 0.148. The molecule has 0 radical (unpaired) electrons. The summed E-state index contributed by atoms with van der Waals surface area (Å²) < 4.78 is 19.5. The van der Waals surface area contributed by atoms with Crippen molar-refractivity contribution in [3.63, 3.8) is 0 Å². The second-order valence-corrected chi connectivity index (χ2v) is 9.24. The molecule has 0 saturated carbocycles. The molecule has 188 valence electrons. The number of amides is 1. The number of nitriles is 1. The number of carbonyl (C=O) groups excluding carboxylic acids is 1. The Morgan fingerprint density at radius 2 is 1.86 bits per heavy atom. The van der Waals surface area contributed by atoms with Crippen LogP contribution in [0, 0.1) is 25.2 Å². The van der Waals surface area contributed by atoms with Gasteiger partial charge in [-0.25, -0.2) is 5.43 Å². The first-order chi connectivity index (χ1) is 17.9. The number of furan rings is 1. The van der Waals surface area contributed by atoms with E-state index in [9.17, 15) is 4.79 Å². The summed E-state index contributed by atoms with van der Waals surface area (Å²) in [5.74, 6) is 1.09. The van der Waals surface area contributed by atoms with Gasteiger partial charge in [-0.05, 0) is 90.4 Å².